The molecule has 1 aliphatic carbocycles. The Kier molecular flexibility index (Phi) is 3.08. The fourth-order valence-electron chi connectivity index (χ4n) is 3.04. The van der Waals surface area contributed by atoms with E-state index >= 15 is 0 Å². The van der Waals surface area contributed by atoms with Gasteiger partial charge in [-0.05, 0) is 42.4 Å². The third-order valence-electron chi connectivity index (χ3n) is 4.10. The first kappa shape index (κ1) is 11.7. The molecule has 1 saturated heterocycles. The molecule has 1 atom stereocenters. The maximum atomic E-state index is 12.1. The van der Waals surface area contributed by atoms with Crippen LogP contribution in [0, 0.1) is 0 Å². The van der Waals surface area contributed by atoms with E-state index in [1.165, 1.54) is 30.4 Å². The van der Waals surface area contributed by atoms with E-state index in [2.05, 4.69) is 18.2 Å². The number of benzene rings is 1. The lowest BCUT2D eigenvalue weighted by Gasteiger charge is -2.16. The molecule has 3 rings (SSSR count). The summed E-state index contributed by atoms with van der Waals surface area (Å²) >= 11 is 0. The van der Waals surface area contributed by atoms with E-state index in [1.807, 2.05) is 4.90 Å². The predicted octanol–water partition coefficient (Wildman–Crippen LogP) is 1.28. The van der Waals surface area contributed by atoms with E-state index in [0.29, 0.717) is 6.42 Å². The fourth-order valence-corrected chi connectivity index (χ4v) is 3.04. The topological polar surface area (TPSA) is 46.3 Å². The summed E-state index contributed by atoms with van der Waals surface area (Å²) in [6, 6.07) is 6.70. The first-order valence-corrected chi connectivity index (χ1v) is 6.86. The van der Waals surface area contributed by atoms with E-state index in [1.54, 1.807) is 0 Å². The van der Waals surface area contributed by atoms with Gasteiger partial charge in [0.05, 0.1) is 6.42 Å². The second kappa shape index (κ2) is 4.73. The summed E-state index contributed by atoms with van der Waals surface area (Å²) in [5.74, 6) is 0.223. The lowest BCUT2D eigenvalue weighted by Crippen LogP contribution is -2.32. The monoisotopic (exact) mass is 244 g/mol. The summed E-state index contributed by atoms with van der Waals surface area (Å²) in [4.78, 5) is 14.0. The molecular weight excluding hydrogens is 224 g/mol. The van der Waals surface area contributed by atoms with Crippen LogP contribution in [0.15, 0.2) is 18.2 Å². The predicted molar refractivity (Wildman–Crippen MR) is 71.3 cm³/mol. The molecule has 96 valence electrons. The number of hydrogen-bond donors (Lipinski definition) is 1. The summed E-state index contributed by atoms with van der Waals surface area (Å²) in [5, 5.41) is 0. The van der Waals surface area contributed by atoms with Crippen LogP contribution in [0.2, 0.25) is 0 Å². The molecule has 3 heteroatoms. The Labute approximate surface area is 108 Å². The van der Waals surface area contributed by atoms with Gasteiger partial charge in [0.2, 0.25) is 5.91 Å². The summed E-state index contributed by atoms with van der Waals surface area (Å²) in [7, 11) is 0. The normalized spacial score (nSPS) is 22.3. The van der Waals surface area contributed by atoms with Crippen LogP contribution in [-0.2, 0) is 24.1 Å². The molecule has 1 fully saturated rings. The number of likely N-dealkylation sites (tertiary alicyclic amines) is 1. The molecule has 3 nitrogen and oxygen atoms in total. The maximum Gasteiger partial charge on any atom is 0.227 e. The second-order valence-corrected chi connectivity index (χ2v) is 5.52. The zero-order valence-corrected chi connectivity index (χ0v) is 10.7. The van der Waals surface area contributed by atoms with Crippen molar-refractivity contribution in [2.24, 2.45) is 5.73 Å². The molecule has 0 unspecified atom stereocenters. The van der Waals surface area contributed by atoms with Gasteiger partial charge in [-0.15, -0.1) is 0 Å². The highest BCUT2D eigenvalue weighted by Crippen LogP contribution is 2.23. The van der Waals surface area contributed by atoms with E-state index in [-0.39, 0.29) is 11.9 Å². The molecule has 18 heavy (non-hydrogen) atoms. The van der Waals surface area contributed by atoms with Gasteiger partial charge in [-0.2, -0.15) is 0 Å². The summed E-state index contributed by atoms with van der Waals surface area (Å²) in [6.45, 7) is 1.55. The Morgan fingerprint density at radius 3 is 2.94 bits per heavy atom. The smallest absolute Gasteiger partial charge is 0.227 e. The fraction of sp³-hybridized carbons (Fsp3) is 0.533. The highest BCUT2D eigenvalue weighted by Gasteiger charge is 2.23. The van der Waals surface area contributed by atoms with Gasteiger partial charge in [0.25, 0.3) is 0 Å². The van der Waals surface area contributed by atoms with Crippen LogP contribution in [0.25, 0.3) is 0 Å². The average Bonchev–Trinajstić information content (AvgIpc) is 2.96. The Morgan fingerprint density at radius 2 is 2.17 bits per heavy atom. The van der Waals surface area contributed by atoms with Crippen molar-refractivity contribution in [3.8, 4) is 0 Å². The van der Waals surface area contributed by atoms with Crippen molar-refractivity contribution in [2.75, 3.05) is 13.1 Å². The van der Waals surface area contributed by atoms with Gasteiger partial charge in [0.15, 0.2) is 0 Å². The van der Waals surface area contributed by atoms with Crippen LogP contribution in [-0.4, -0.2) is 29.9 Å². The number of fused-ring (bicyclic) bond motifs is 1. The van der Waals surface area contributed by atoms with E-state index in [0.717, 1.165) is 25.1 Å². The molecule has 0 saturated carbocycles. The molecule has 2 N–H and O–H groups in total. The lowest BCUT2D eigenvalue weighted by atomic mass is 10.0. The molecule has 1 aromatic carbocycles. The van der Waals surface area contributed by atoms with Crippen molar-refractivity contribution in [2.45, 2.75) is 38.1 Å². The minimum atomic E-state index is 0.175. The molecule has 1 heterocycles. The molecule has 1 amide bonds. The quantitative estimate of drug-likeness (QED) is 0.852. The highest BCUT2D eigenvalue weighted by atomic mass is 16.2. The Balaban J connectivity index is 1.67. The number of nitrogens with zero attached hydrogens (tertiary/aromatic N) is 1. The van der Waals surface area contributed by atoms with Gasteiger partial charge in [0, 0.05) is 19.1 Å². The lowest BCUT2D eigenvalue weighted by molar-refractivity contribution is -0.129. The second-order valence-electron chi connectivity index (χ2n) is 5.52. The number of amides is 1. The number of carbonyl (C=O) groups is 1. The van der Waals surface area contributed by atoms with Crippen molar-refractivity contribution < 1.29 is 4.79 Å². The van der Waals surface area contributed by atoms with E-state index in [4.69, 9.17) is 5.73 Å². The third-order valence-corrected chi connectivity index (χ3v) is 4.10. The van der Waals surface area contributed by atoms with Crippen molar-refractivity contribution in [1.82, 2.24) is 4.90 Å². The van der Waals surface area contributed by atoms with Gasteiger partial charge in [-0.1, -0.05) is 18.2 Å². The summed E-state index contributed by atoms with van der Waals surface area (Å²) < 4.78 is 0. The first-order valence-electron chi connectivity index (χ1n) is 6.86. The Morgan fingerprint density at radius 1 is 1.33 bits per heavy atom. The molecule has 1 aromatic rings. The minimum absolute atomic E-state index is 0.175. The standard InChI is InChI=1S/C15H20N2O/c16-14-6-7-17(10-14)15(18)9-11-4-5-12-2-1-3-13(12)8-11/h4-5,8,14H,1-3,6-7,9-10,16H2/t14-/m1/s1. The van der Waals surface area contributed by atoms with Crippen LogP contribution < -0.4 is 5.73 Å². The third kappa shape index (κ3) is 2.27. The van der Waals surface area contributed by atoms with Crippen LogP contribution in [0.1, 0.15) is 29.5 Å². The number of hydrogen-bond acceptors (Lipinski definition) is 2. The van der Waals surface area contributed by atoms with Gasteiger partial charge in [-0.25, -0.2) is 0 Å². The van der Waals surface area contributed by atoms with E-state index < -0.39 is 0 Å². The van der Waals surface area contributed by atoms with Crippen molar-refractivity contribution in [3.63, 3.8) is 0 Å². The Hall–Kier alpha value is -1.35. The largest absolute Gasteiger partial charge is 0.341 e. The number of rotatable bonds is 2. The SMILES string of the molecule is N[C@@H]1CCN(C(=O)Cc2ccc3c(c2)CCC3)C1. The van der Waals surface area contributed by atoms with E-state index in [9.17, 15) is 4.79 Å². The number of nitrogens with two attached hydrogens (primary N) is 1. The zero-order valence-electron chi connectivity index (χ0n) is 10.7. The molecule has 0 aromatic heterocycles. The van der Waals surface area contributed by atoms with Crippen molar-refractivity contribution in [1.29, 1.82) is 0 Å². The molecular formula is C15H20N2O. The van der Waals surface area contributed by atoms with Crippen molar-refractivity contribution >= 4 is 5.91 Å². The van der Waals surface area contributed by atoms with Gasteiger partial charge in [0.1, 0.15) is 0 Å². The molecule has 2 aliphatic rings. The highest BCUT2D eigenvalue weighted by molar-refractivity contribution is 5.79. The minimum Gasteiger partial charge on any atom is -0.341 e. The van der Waals surface area contributed by atoms with Crippen molar-refractivity contribution in [3.05, 3.63) is 34.9 Å². The number of carbonyl (C=O) groups excluding carboxylic acids is 1. The van der Waals surface area contributed by atoms with Crippen LogP contribution in [0.5, 0.6) is 0 Å². The molecule has 0 radical (unpaired) electrons. The van der Waals surface area contributed by atoms with Gasteiger partial charge >= 0.3 is 0 Å². The zero-order chi connectivity index (χ0) is 12.5. The first-order chi connectivity index (χ1) is 8.72. The van der Waals surface area contributed by atoms with Gasteiger partial charge in [-0.3, -0.25) is 4.79 Å². The number of aryl methyl sites for hydroxylation is 2. The van der Waals surface area contributed by atoms with Crippen LogP contribution in [0.4, 0.5) is 0 Å². The van der Waals surface area contributed by atoms with Crippen LogP contribution in [0.3, 0.4) is 0 Å². The molecule has 0 spiro atoms. The summed E-state index contributed by atoms with van der Waals surface area (Å²) in [5.41, 5.74) is 9.90. The van der Waals surface area contributed by atoms with Gasteiger partial charge < -0.3 is 10.6 Å². The average molecular weight is 244 g/mol. The Bertz CT molecular complexity index is 470. The summed E-state index contributed by atoms with van der Waals surface area (Å²) in [6.07, 6.45) is 5.10. The molecule has 0 bridgehead atoms. The van der Waals surface area contributed by atoms with Crippen LogP contribution >= 0.6 is 0 Å². The maximum absolute atomic E-state index is 12.1. The molecule has 1 aliphatic heterocycles.